The fraction of sp³-hybridized carbons (Fsp3) is 0.286. The van der Waals surface area contributed by atoms with E-state index in [4.69, 9.17) is 11.6 Å². The SMILES string of the molecule is CC(NC(C)c1ccc(Cl)s1)c1ccc(I)cc1. The van der Waals surface area contributed by atoms with Crippen LogP contribution < -0.4 is 5.32 Å². The van der Waals surface area contributed by atoms with Crippen LogP contribution in [0.1, 0.15) is 36.4 Å². The molecule has 1 heterocycles. The fourth-order valence-electron chi connectivity index (χ4n) is 1.87. The van der Waals surface area contributed by atoms with Crippen molar-refractivity contribution in [2.24, 2.45) is 0 Å². The zero-order valence-corrected chi connectivity index (χ0v) is 14.0. The molecule has 1 nitrogen and oxygen atoms in total. The molecule has 4 heteroatoms. The van der Waals surface area contributed by atoms with Gasteiger partial charge in [0.05, 0.1) is 4.34 Å². The van der Waals surface area contributed by atoms with Crippen molar-refractivity contribution in [3.05, 3.63) is 54.7 Å². The summed E-state index contributed by atoms with van der Waals surface area (Å²) in [6.07, 6.45) is 0. The van der Waals surface area contributed by atoms with Crippen molar-refractivity contribution in [3.8, 4) is 0 Å². The molecule has 18 heavy (non-hydrogen) atoms. The number of benzene rings is 1. The molecule has 0 aliphatic rings. The van der Waals surface area contributed by atoms with Crippen LogP contribution in [0.3, 0.4) is 0 Å². The van der Waals surface area contributed by atoms with Gasteiger partial charge in [0.15, 0.2) is 0 Å². The first-order valence-corrected chi connectivity index (χ1v) is 8.10. The van der Waals surface area contributed by atoms with Gasteiger partial charge in [0.2, 0.25) is 0 Å². The van der Waals surface area contributed by atoms with E-state index in [-0.39, 0.29) is 0 Å². The topological polar surface area (TPSA) is 12.0 Å². The Morgan fingerprint density at radius 2 is 1.72 bits per heavy atom. The van der Waals surface area contributed by atoms with E-state index in [1.807, 2.05) is 6.07 Å². The van der Waals surface area contributed by atoms with Gasteiger partial charge in [-0.25, -0.2) is 0 Å². The molecule has 0 amide bonds. The Hall–Kier alpha value is -0.100. The van der Waals surface area contributed by atoms with Crippen LogP contribution in [0.4, 0.5) is 0 Å². The van der Waals surface area contributed by atoms with Gasteiger partial charge in [-0.15, -0.1) is 11.3 Å². The van der Waals surface area contributed by atoms with Crippen LogP contribution in [0.15, 0.2) is 36.4 Å². The Balaban J connectivity index is 2.02. The highest BCUT2D eigenvalue weighted by atomic mass is 127. The van der Waals surface area contributed by atoms with Gasteiger partial charge in [0, 0.05) is 20.5 Å². The van der Waals surface area contributed by atoms with E-state index in [9.17, 15) is 0 Å². The summed E-state index contributed by atoms with van der Waals surface area (Å²) in [7, 11) is 0. The summed E-state index contributed by atoms with van der Waals surface area (Å²) in [5.41, 5.74) is 1.31. The predicted molar refractivity (Wildman–Crippen MR) is 88.5 cm³/mol. The Kier molecular flexibility index (Phi) is 5.06. The molecular formula is C14H15ClINS. The minimum atomic E-state index is 0.316. The number of hydrogen-bond donors (Lipinski definition) is 1. The Morgan fingerprint density at radius 1 is 1.06 bits per heavy atom. The zero-order chi connectivity index (χ0) is 13.1. The summed E-state index contributed by atoms with van der Waals surface area (Å²) in [6.45, 7) is 4.36. The molecule has 1 N–H and O–H groups in total. The lowest BCUT2D eigenvalue weighted by Crippen LogP contribution is -2.21. The smallest absolute Gasteiger partial charge is 0.0931 e. The molecule has 2 atom stereocenters. The first-order chi connectivity index (χ1) is 8.56. The molecule has 0 spiro atoms. The number of rotatable bonds is 4. The third kappa shape index (κ3) is 3.70. The van der Waals surface area contributed by atoms with Crippen molar-refractivity contribution in [3.63, 3.8) is 0 Å². The zero-order valence-electron chi connectivity index (χ0n) is 10.3. The molecule has 0 aliphatic carbocycles. The number of hydrogen-bond acceptors (Lipinski definition) is 2. The second-order valence-electron chi connectivity index (χ2n) is 4.30. The van der Waals surface area contributed by atoms with Gasteiger partial charge in [-0.2, -0.15) is 0 Å². The molecule has 2 unspecified atom stereocenters. The van der Waals surface area contributed by atoms with E-state index in [1.165, 1.54) is 14.0 Å². The molecule has 0 saturated heterocycles. The van der Waals surface area contributed by atoms with Crippen molar-refractivity contribution in [1.29, 1.82) is 0 Å². The van der Waals surface area contributed by atoms with E-state index in [0.717, 1.165) is 4.34 Å². The van der Waals surface area contributed by atoms with E-state index in [2.05, 4.69) is 72.1 Å². The van der Waals surface area contributed by atoms with E-state index in [0.29, 0.717) is 12.1 Å². The van der Waals surface area contributed by atoms with Gasteiger partial charge in [-0.1, -0.05) is 23.7 Å². The third-order valence-electron chi connectivity index (χ3n) is 2.89. The molecule has 1 aromatic heterocycles. The molecule has 2 rings (SSSR count). The Morgan fingerprint density at radius 3 is 2.28 bits per heavy atom. The Bertz CT molecular complexity index is 509. The lowest BCUT2D eigenvalue weighted by atomic mass is 10.1. The maximum atomic E-state index is 5.97. The van der Waals surface area contributed by atoms with Crippen LogP contribution >= 0.6 is 45.5 Å². The van der Waals surface area contributed by atoms with Crippen LogP contribution in [0, 0.1) is 3.57 Å². The van der Waals surface area contributed by atoms with Gasteiger partial charge < -0.3 is 5.32 Å². The quantitative estimate of drug-likeness (QED) is 0.686. The minimum absolute atomic E-state index is 0.316. The van der Waals surface area contributed by atoms with Crippen LogP contribution in [-0.4, -0.2) is 0 Å². The van der Waals surface area contributed by atoms with Gasteiger partial charge in [-0.05, 0) is 66.3 Å². The number of thiophene rings is 1. The fourth-order valence-corrected chi connectivity index (χ4v) is 3.30. The highest BCUT2D eigenvalue weighted by Crippen LogP contribution is 2.28. The summed E-state index contributed by atoms with van der Waals surface area (Å²) in [5, 5.41) is 3.59. The van der Waals surface area contributed by atoms with Crippen molar-refractivity contribution >= 4 is 45.5 Å². The van der Waals surface area contributed by atoms with Crippen LogP contribution in [0.25, 0.3) is 0 Å². The van der Waals surface area contributed by atoms with Crippen molar-refractivity contribution in [2.75, 3.05) is 0 Å². The van der Waals surface area contributed by atoms with Crippen molar-refractivity contribution in [1.82, 2.24) is 5.32 Å². The lowest BCUT2D eigenvalue weighted by Gasteiger charge is -2.19. The van der Waals surface area contributed by atoms with E-state index in [1.54, 1.807) is 11.3 Å². The average Bonchev–Trinajstić information content (AvgIpc) is 2.76. The van der Waals surface area contributed by atoms with Crippen molar-refractivity contribution in [2.45, 2.75) is 25.9 Å². The predicted octanol–water partition coefficient (Wildman–Crippen LogP) is 5.42. The molecular weight excluding hydrogens is 377 g/mol. The highest BCUT2D eigenvalue weighted by Gasteiger charge is 2.12. The first-order valence-electron chi connectivity index (χ1n) is 5.83. The second-order valence-corrected chi connectivity index (χ2v) is 7.30. The van der Waals surface area contributed by atoms with Crippen LogP contribution in [0.2, 0.25) is 4.34 Å². The maximum Gasteiger partial charge on any atom is 0.0931 e. The largest absolute Gasteiger partial charge is 0.303 e. The van der Waals surface area contributed by atoms with E-state index < -0.39 is 0 Å². The molecule has 0 bridgehead atoms. The molecule has 0 fully saturated rings. The highest BCUT2D eigenvalue weighted by molar-refractivity contribution is 14.1. The van der Waals surface area contributed by atoms with Crippen molar-refractivity contribution < 1.29 is 0 Å². The van der Waals surface area contributed by atoms with Gasteiger partial charge in [-0.3, -0.25) is 0 Å². The molecule has 96 valence electrons. The standard InChI is InChI=1S/C14H15ClINS/c1-9(11-3-5-12(16)6-4-11)17-10(2)13-7-8-14(15)18-13/h3-10,17H,1-2H3. The second kappa shape index (κ2) is 6.37. The molecule has 1 aromatic carbocycles. The summed E-state index contributed by atoms with van der Waals surface area (Å²) in [4.78, 5) is 1.28. The summed E-state index contributed by atoms with van der Waals surface area (Å²) < 4.78 is 2.11. The average molecular weight is 392 g/mol. The normalized spacial score (nSPS) is 14.4. The molecule has 2 aromatic rings. The lowest BCUT2D eigenvalue weighted by molar-refractivity contribution is 0.500. The third-order valence-corrected chi connectivity index (χ3v) is 5.02. The minimum Gasteiger partial charge on any atom is -0.303 e. The van der Waals surface area contributed by atoms with Crippen LogP contribution in [0.5, 0.6) is 0 Å². The monoisotopic (exact) mass is 391 g/mol. The van der Waals surface area contributed by atoms with Gasteiger partial charge in [0.25, 0.3) is 0 Å². The molecule has 0 radical (unpaired) electrons. The molecule has 0 aliphatic heterocycles. The summed E-state index contributed by atoms with van der Waals surface area (Å²) in [6, 6.07) is 13.3. The van der Waals surface area contributed by atoms with Gasteiger partial charge in [0.1, 0.15) is 0 Å². The summed E-state index contributed by atoms with van der Waals surface area (Å²) in [5.74, 6) is 0. The first kappa shape index (κ1) is 14.3. The van der Waals surface area contributed by atoms with Gasteiger partial charge >= 0.3 is 0 Å². The number of nitrogens with one attached hydrogen (secondary N) is 1. The van der Waals surface area contributed by atoms with Crippen LogP contribution in [-0.2, 0) is 0 Å². The summed E-state index contributed by atoms with van der Waals surface area (Å²) >= 11 is 9.93. The number of halogens is 2. The molecule has 0 saturated carbocycles. The van der Waals surface area contributed by atoms with E-state index >= 15 is 0 Å². The maximum absolute atomic E-state index is 5.97. The Labute approximate surface area is 131 Å².